The molecule has 3 aromatic carbocycles. The molecule has 0 aliphatic carbocycles. The molecule has 8 heteroatoms. The van der Waals surface area contributed by atoms with Gasteiger partial charge in [-0.2, -0.15) is 0 Å². The van der Waals surface area contributed by atoms with E-state index in [-0.39, 0.29) is 23.0 Å². The molecule has 2 atom stereocenters. The maximum atomic E-state index is 14.1. The van der Waals surface area contributed by atoms with Crippen molar-refractivity contribution in [2.24, 2.45) is 4.99 Å². The van der Waals surface area contributed by atoms with Crippen LogP contribution in [-0.2, 0) is 4.74 Å². The largest absolute Gasteiger partial charge is 0.586 e. The van der Waals surface area contributed by atoms with E-state index in [1.165, 1.54) is 18.2 Å². The van der Waals surface area contributed by atoms with Crippen molar-refractivity contribution >= 4 is 5.90 Å². The van der Waals surface area contributed by atoms with Crippen molar-refractivity contribution in [1.29, 1.82) is 0 Å². The van der Waals surface area contributed by atoms with Crippen LogP contribution in [0.1, 0.15) is 24.1 Å². The zero-order valence-electron chi connectivity index (χ0n) is 16.1. The van der Waals surface area contributed by atoms with E-state index in [2.05, 4.69) is 14.5 Å². The van der Waals surface area contributed by atoms with Crippen LogP contribution in [0, 0.1) is 11.6 Å². The molecular weight excluding hydrogens is 414 g/mol. The number of hydrogen-bond acceptors (Lipinski definition) is 4. The van der Waals surface area contributed by atoms with Gasteiger partial charge in [-0.1, -0.05) is 36.4 Å². The van der Waals surface area contributed by atoms with E-state index in [1.807, 2.05) is 12.1 Å². The van der Waals surface area contributed by atoms with Gasteiger partial charge >= 0.3 is 6.29 Å². The molecule has 0 radical (unpaired) electrons. The molecular formula is C23H15F4NO3. The van der Waals surface area contributed by atoms with Crippen LogP contribution in [0.25, 0.3) is 11.1 Å². The predicted octanol–water partition coefficient (Wildman–Crippen LogP) is 5.86. The number of alkyl halides is 2. The van der Waals surface area contributed by atoms with Gasteiger partial charge in [0, 0.05) is 0 Å². The number of nitrogens with zero attached hydrogens (tertiary/aromatic N) is 1. The van der Waals surface area contributed by atoms with Gasteiger partial charge in [0.2, 0.25) is 5.90 Å². The van der Waals surface area contributed by atoms with Crippen LogP contribution in [-0.4, -0.2) is 18.3 Å². The molecule has 0 bridgehead atoms. The monoisotopic (exact) mass is 429 g/mol. The zero-order valence-corrected chi connectivity index (χ0v) is 16.1. The Morgan fingerprint density at radius 1 is 0.839 bits per heavy atom. The molecule has 2 aliphatic rings. The summed E-state index contributed by atoms with van der Waals surface area (Å²) in [7, 11) is 0. The Morgan fingerprint density at radius 2 is 1.48 bits per heavy atom. The molecule has 4 nitrogen and oxygen atoms in total. The first-order valence-corrected chi connectivity index (χ1v) is 9.50. The summed E-state index contributed by atoms with van der Waals surface area (Å²) < 4.78 is 69.1. The fourth-order valence-corrected chi connectivity index (χ4v) is 3.67. The number of rotatable bonds is 3. The van der Waals surface area contributed by atoms with E-state index in [0.29, 0.717) is 5.56 Å². The van der Waals surface area contributed by atoms with Crippen LogP contribution in [0.15, 0.2) is 65.7 Å². The zero-order chi connectivity index (χ0) is 21.8. The third-order valence-corrected chi connectivity index (χ3v) is 5.16. The van der Waals surface area contributed by atoms with Crippen molar-refractivity contribution in [3.63, 3.8) is 0 Å². The Bertz CT molecular complexity index is 1170. The highest BCUT2D eigenvalue weighted by Gasteiger charge is 2.43. The average molecular weight is 429 g/mol. The quantitative estimate of drug-likeness (QED) is 0.490. The summed E-state index contributed by atoms with van der Waals surface area (Å²) in [6, 6.07) is 14.9. The van der Waals surface area contributed by atoms with Gasteiger partial charge in [-0.25, -0.2) is 13.8 Å². The maximum Gasteiger partial charge on any atom is 0.586 e. The fraction of sp³-hybridized carbons (Fsp3) is 0.174. The molecule has 0 N–H and O–H groups in total. The van der Waals surface area contributed by atoms with Gasteiger partial charge in [0.1, 0.15) is 29.3 Å². The summed E-state index contributed by atoms with van der Waals surface area (Å²) in [4.78, 5) is 4.39. The Kier molecular flexibility index (Phi) is 4.39. The van der Waals surface area contributed by atoms with Crippen LogP contribution in [0.3, 0.4) is 0 Å². The number of hydrogen-bond donors (Lipinski definition) is 0. The molecule has 2 aliphatic heterocycles. The number of ether oxygens (including phenoxy) is 3. The molecule has 0 saturated heterocycles. The Hall–Kier alpha value is -3.55. The summed E-state index contributed by atoms with van der Waals surface area (Å²) in [6.45, 7) is 1.77. The highest BCUT2D eigenvalue weighted by molar-refractivity contribution is 5.96. The van der Waals surface area contributed by atoms with Crippen molar-refractivity contribution in [2.45, 2.75) is 25.4 Å². The van der Waals surface area contributed by atoms with E-state index >= 15 is 0 Å². The molecule has 0 spiro atoms. The molecule has 0 fully saturated rings. The molecule has 2 heterocycles. The Labute approximate surface area is 174 Å². The van der Waals surface area contributed by atoms with Gasteiger partial charge in [0.05, 0.1) is 0 Å². The van der Waals surface area contributed by atoms with Gasteiger partial charge < -0.3 is 14.2 Å². The molecule has 5 rings (SSSR count). The average Bonchev–Trinajstić information content (AvgIpc) is 3.25. The van der Waals surface area contributed by atoms with Gasteiger partial charge in [-0.15, -0.1) is 8.78 Å². The molecule has 0 amide bonds. The second-order valence-corrected chi connectivity index (χ2v) is 7.25. The molecule has 0 aromatic heterocycles. The SMILES string of the molecule is C[C@@H]1OC(c2c(F)cccc2F)=N[C@H]1c1ccc(-c2ccc3c(c2)OC(F)(F)O3)cc1. The Balaban J connectivity index is 1.41. The summed E-state index contributed by atoms with van der Waals surface area (Å²) in [5, 5.41) is 0. The minimum absolute atomic E-state index is 0.0236. The standard InChI is InChI=1S/C23H15F4NO3/c1-12-21(28-22(29-12)20-16(24)3-2-4-17(20)25)14-7-5-13(6-8-14)15-9-10-18-19(11-15)31-23(26,27)30-18/h2-12,21H,1H3/t12-,21+/m0/s1. The van der Waals surface area contributed by atoms with Crippen LogP contribution in [0.5, 0.6) is 11.5 Å². The van der Waals surface area contributed by atoms with E-state index in [4.69, 9.17) is 4.74 Å². The second kappa shape index (κ2) is 7.01. The first-order valence-electron chi connectivity index (χ1n) is 9.50. The van der Waals surface area contributed by atoms with Crippen LogP contribution < -0.4 is 9.47 Å². The first kappa shape index (κ1) is 19.4. The number of fused-ring (bicyclic) bond motifs is 1. The summed E-state index contributed by atoms with van der Waals surface area (Å²) >= 11 is 0. The van der Waals surface area contributed by atoms with E-state index in [0.717, 1.165) is 23.3 Å². The predicted molar refractivity (Wildman–Crippen MR) is 104 cm³/mol. The highest BCUT2D eigenvalue weighted by Crippen LogP contribution is 2.43. The summed E-state index contributed by atoms with van der Waals surface area (Å²) in [6.07, 6.45) is -4.09. The van der Waals surface area contributed by atoms with E-state index in [1.54, 1.807) is 25.1 Å². The van der Waals surface area contributed by atoms with Crippen molar-refractivity contribution < 1.29 is 31.8 Å². The van der Waals surface area contributed by atoms with Crippen molar-refractivity contribution in [2.75, 3.05) is 0 Å². The minimum atomic E-state index is -3.67. The molecule has 0 saturated carbocycles. The van der Waals surface area contributed by atoms with Crippen LogP contribution in [0.2, 0.25) is 0 Å². The third kappa shape index (κ3) is 3.48. The third-order valence-electron chi connectivity index (χ3n) is 5.16. The second-order valence-electron chi connectivity index (χ2n) is 7.25. The number of halogens is 4. The van der Waals surface area contributed by atoms with Gasteiger partial charge in [-0.3, -0.25) is 0 Å². The molecule has 0 unspecified atom stereocenters. The molecule has 158 valence electrons. The van der Waals surface area contributed by atoms with Crippen molar-refractivity contribution in [3.8, 4) is 22.6 Å². The molecule has 31 heavy (non-hydrogen) atoms. The fourth-order valence-electron chi connectivity index (χ4n) is 3.67. The van der Waals surface area contributed by atoms with Gasteiger partial charge in [0.25, 0.3) is 0 Å². The van der Waals surface area contributed by atoms with Crippen LogP contribution >= 0.6 is 0 Å². The van der Waals surface area contributed by atoms with Crippen molar-refractivity contribution in [1.82, 2.24) is 0 Å². The summed E-state index contributed by atoms with van der Waals surface area (Å²) in [5.74, 6) is -1.62. The molecule has 3 aromatic rings. The van der Waals surface area contributed by atoms with Crippen LogP contribution in [0.4, 0.5) is 17.6 Å². The first-order chi connectivity index (χ1) is 14.8. The minimum Gasteiger partial charge on any atom is -0.472 e. The highest BCUT2D eigenvalue weighted by atomic mass is 19.3. The normalized spacial score (nSPS) is 21.0. The lowest BCUT2D eigenvalue weighted by Gasteiger charge is -2.13. The van der Waals surface area contributed by atoms with Crippen molar-refractivity contribution in [3.05, 3.63) is 83.4 Å². The van der Waals surface area contributed by atoms with E-state index < -0.39 is 30.1 Å². The lowest BCUT2D eigenvalue weighted by atomic mass is 9.99. The number of aliphatic imine (C=N–C) groups is 1. The number of benzene rings is 3. The lowest BCUT2D eigenvalue weighted by Crippen LogP contribution is -2.25. The maximum absolute atomic E-state index is 14.1. The van der Waals surface area contributed by atoms with E-state index in [9.17, 15) is 17.6 Å². The summed E-state index contributed by atoms with van der Waals surface area (Å²) in [5.41, 5.74) is 1.93. The van der Waals surface area contributed by atoms with Gasteiger partial charge in [0.15, 0.2) is 11.5 Å². The Morgan fingerprint density at radius 3 is 2.19 bits per heavy atom. The van der Waals surface area contributed by atoms with Gasteiger partial charge in [-0.05, 0) is 47.9 Å². The topological polar surface area (TPSA) is 40.0 Å². The lowest BCUT2D eigenvalue weighted by molar-refractivity contribution is -0.286. The smallest absolute Gasteiger partial charge is 0.472 e.